The maximum atomic E-state index is 12.7. The molecule has 0 spiro atoms. The Bertz CT molecular complexity index is 793. The van der Waals surface area contributed by atoms with Crippen molar-refractivity contribution >= 4 is 46.3 Å². The number of nitrogens with zero attached hydrogens (tertiary/aromatic N) is 1. The van der Waals surface area contributed by atoms with Gasteiger partial charge in [0.25, 0.3) is 5.91 Å². The maximum Gasteiger partial charge on any atom is 0.303 e. The van der Waals surface area contributed by atoms with Gasteiger partial charge in [0.2, 0.25) is 0 Å². The van der Waals surface area contributed by atoms with Crippen LogP contribution in [0.2, 0.25) is 0 Å². The number of ether oxygens (including phenoxy) is 3. The zero-order chi connectivity index (χ0) is 20.7. The Balaban J connectivity index is 2.13. The highest BCUT2D eigenvalue weighted by molar-refractivity contribution is 8.26. The molecule has 28 heavy (non-hydrogen) atoms. The van der Waals surface area contributed by atoms with Crippen molar-refractivity contribution < 1.29 is 28.9 Å². The lowest BCUT2D eigenvalue weighted by Gasteiger charge is -2.14. The number of thioether (sulfide) groups is 1. The van der Waals surface area contributed by atoms with E-state index in [0.29, 0.717) is 51.4 Å². The molecule has 152 valence electrons. The smallest absolute Gasteiger partial charge is 0.303 e. The highest BCUT2D eigenvalue weighted by Crippen LogP contribution is 2.39. The molecule has 1 N–H and O–H groups in total. The standard InChI is InChI=1S/C19H23NO6S2/c1-24-13-11-15(26-3)14(25-2)9-12(13)10-16-18(23)20(19(27)28-16)8-6-4-5-7-17(21)22/h9-11H,4-8H2,1-3H3,(H,21,22)/b16-10-. The minimum absolute atomic E-state index is 0.136. The number of carboxylic acids is 1. The van der Waals surface area contributed by atoms with Gasteiger partial charge in [-0.3, -0.25) is 14.5 Å². The first-order chi connectivity index (χ1) is 13.4. The third-order valence-corrected chi connectivity index (χ3v) is 5.55. The van der Waals surface area contributed by atoms with Crippen molar-refractivity contribution in [3.8, 4) is 17.2 Å². The van der Waals surface area contributed by atoms with Crippen LogP contribution in [0.15, 0.2) is 17.0 Å². The van der Waals surface area contributed by atoms with Gasteiger partial charge in [-0.15, -0.1) is 0 Å². The highest BCUT2D eigenvalue weighted by Gasteiger charge is 2.31. The summed E-state index contributed by atoms with van der Waals surface area (Å²) in [6.07, 6.45) is 3.88. The Kier molecular flexibility index (Phi) is 8.13. The first-order valence-electron chi connectivity index (χ1n) is 8.68. The number of carbonyl (C=O) groups is 2. The number of hydrogen-bond donors (Lipinski definition) is 1. The quantitative estimate of drug-likeness (QED) is 0.346. The molecular formula is C19H23NO6S2. The summed E-state index contributed by atoms with van der Waals surface area (Å²) in [6.45, 7) is 0.477. The molecule has 1 heterocycles. The van der Waals surface area contributed by atoms with E-state index < -0.39 is 5.97 Å². The number of hydrogen-bond acceptors (Lipinski definition) is 7. The van der Waals surface area contributed by atoms with E-state index in [1.54, 1.807) is 37.3 Å². The van der Waals surface area contributed by atoms with Crippen LogP contribution in [0.5, 0.6) is 17.2 Å². The third-order valence-electron chi connectivity index (χ3n) is 4.17. The van der Waals surface area contributed by atoms with Crippen LogP contribution in [0.25, 0.3) is 6.08 Å². The lowest BCUT2D eigenvalue weighted by atomic mass is 10.1. The monoisotopic (exact) mass is 425 g/mol. The first kappa shape index (κ1) is 22.0. The van der Waals surface area contributed by atoms with E-state index in [9.17, 15) is 9.59 Å². The molecule has 1 aromatic carbocycles. The Labute approximate surface area is 173 Å². The summed E-state index contributed by atoms with van der Waals surface area (Å²) in [4.78, 5) is 25.3. The van der Waals surface area contributed by atoms with Gasteiger partial charge in [0.1, 0.15) is 10.1 Å². The summed E-state index contributed by atoms with van der Waals surface area (Å²) in [7, 11) is 4.62. The summed E-state index contributed by atoms with van der Waals surface area (Å²) in [5.41, 5.74) is 0.683. The number of aliphatic carboxylic acids is 1. The van der Waals surface area contributed by atoms with Crippen molar-refractivity contribution in [2.75, 3.05) is 27.9 Å². The molecule has 1 saturated heterocycles. The van der Waals surface area contributed by atoms with E-state index in [4.69, 9.17) is 31.5 Å². The Morgan fingerprint density at radius 1 is 1.11 bits per heavy atom. The molecule has 0 saturated carbocycles. The number of benzene rings is 1. The summed E-state index contributed by atoms with van der Waals surface area (Å²) < 4.78 is 16.5. The number of unbranched alkanes of at least 4 members (excludes halogenated alkanes) is 2. The van der Waals surface area contributed by atoms with E-state index in [-0.39, 0.29) is 12.3 Å². The van der Waals surface area contributed by atoms with Crippen LogP contribution >= 0.6 is 24.0 Å². The average molecular weight is 426 g/mol. The van der Waals surface area contributed by atoms with E-state index in [0.717, 1.165) is 6.42 Å². The van der Waals surface area contributed by atoms with Gasteiger partial charge in [-0.25, -0.2) is 0 Å². The van der Waals surface area contributed by atoms with Crippen LogP contribution in [-0.4, -0.2) is 54.1 Å². The number of thiocarbonyl (C=S) groups is 1. The average Bonchev–Trinajstić information content (AvgIpc) is 2.94. The zero-order valence-electron chi connectivity index (χ0n) is 16.0. The second kappa shape index (κ2) is 10.3. The molecule has 1 aliphatic rings. The number of rotatable bonds is 10. The van der Waals surface area contributed by atoms with Gasteiger partial charge in [-0.1, -0.05) is 30.4 Å². The van der Waals surface area contributed by atoms with Crippen molar-refractivity contribution in [1.29, 1.82) is 0 Å². The van der Waals surface area contributed by atoms with Crippen LogP contribution in [0, 0.1) is 0 Å². The summed E-state index contributed by atoms with van der Waals surface area (Å²) in [6, 6.07) is 3.45. The fourth-order valence-corrected chi connectivity index (χ4v) is 4.02. The molecule has 0 radical (unpaired) electrons. The molecule has 7 nitrogen and oxygen atoms in total. The van der Waals surface area contributed by atoms with Crippen LogP contribution in [-0.2, 0) is 9.59 Å². The number of amides is 1. The van der Waals surface area contributed by atoms with Crippen molar-refractivity contribution in [1.82, 2.24) is 4.90 Å². The minimum atomic E-state index is -0.808. The van der Waals surface area contributed by atoms with Crippen molar-refractivity contribution in [2.24, 2.45) is 0 Å². The molecule has 0 aromatic heterocycles. The number of carboxylic acid groups (broad SMARTS) is 1. The van der Waals surface area contributed by atoms with E-state index in [2.05, 4.69) is 0 Å². The van der Waals surface area contributed by atoms with Crippen LogP contribution in [0.1, 0.15) is 31.2 Å². The molecule has 1 fully saturated rings. The van der Waals surface area contributed by atoms with E-state index in [1.165, 1.54) is 18.9 Å². The molecule has 1 aliphatic heterocycles. The highest BCUT2D eigenvalue weighted by atomic mass is 32.2. The topological polar surface area (TPSA) is 85.3 Å². The van der Waals surface area contributed by atoms with Gasteiger partial charge >= 0.3 is 5.97 Å². The van der Waals surface area contributed by atoms with Gasteiger partial charge in [-0.2, -0.15) is 0 Å². The van der Waals surface area contributed by atoms with E-state index in [1.807, 2.05) is 0 Å². The van der Waals surface area contributed by atoms with Gasteiger partial charge in [0.05, 0.1) is 26.2 Å². The van der Waals surface area contributed by atoms with Gasteiger partial charge in [-0.05, 0) is 25.0 Å². The van der Waals surface area contributed by atoms with Crippen LogP contribution in [0.3, 0.4) is 0 Å². The summed E-state index contributed by atoms with van der Waals surface area (Å²) in [5.74, 6) is 0.646. The first-order valence-corrected chi connectivity index (χ1v) is 9.91. The molecular weight excluding hydrogens is 402 g/mol. The number of methoxy groups -OCH3 is 3. The molecule has 1 amide bonds. The Hall–Kier alpha value is -2.26. The second-order valence-electron chi connectivity index (χ2n) is 5.99. The predicted molar refractivity (Wildman–Crippen MR) is 112 cm³/mol. The van der Waals surface area contributed by atoms with Crippen molar-refractivity contribution in [2.45, 2.75) is 25.7 Å². The van der Waals surface area contributed by atoms with Crippen molar-refractivity contribution in [3.63, 3.8) is 0 Å². The zero-order valence-corrected chi connectivity index (χ0v) is 17.7. The largest absolute Gasteiger partial charge is 0.496 e. The van der Waals surface area contributed by atoms with Gasteiger partial charge in [0.15, 0.2) is 11.5 Å². The van der Waals surface area contributed by atoms with Crippen molar-refractivity contribution in [3.05, 3.63) is 22.6 Å². The fourth-order valence-electron chi connectivity index (χ4n) is 2.72. The molecule has 0 atom stereocenters. The lowest BCUT2D eigenvalue weighted by Crippen LogP contribution is -2.29. The van der Waals surface area contributed by atoms with Gasteiger partial charge in [0, 0.05) is 24.6 Å². The van der Waals surface area contributed by atoms with E-state index >= 15 is 0 Å². The minimum Gasteiger partial charge on any atom is -0.496 e. The fraction of sp³-hybridized carbons (Fsp3) is 0.421. The predicted octanol–water partition coefficient (Wildman–Crippen LogP) is 3.56. The Morgan fingerprint density at radius 3 is 2.36 bits per heavy atom. The summed E-state index contributed by atoms with van der Waals surface area (Å²) in [5, 5.41) is 8.67. The molecule has 0 unspecified atom stereocenters. The SMILES string of the molecule is COc1cc(OC)c(OC)cc1/C=C1\SC(=S)N(CCCCCC(=O)O)C1=O. The molecule has 0 bridgehead atoms. The van der Waals surface area contributed by atoms with Crippen LogP contribution in [0.4, 0.5) is 0 Å². The molecule has 9 heteroatoms. The third kappa shape index (κ3) is 5.39. The van der Waals surface area contributed by atoms with Gasteiger partial charge < -0.3 is 19.3 Å². The normalized spacial score (nSPS) is 15.2. The summed E-state index contributed by atoms with van der Waals surface area (Å²) >= 11 is 6.57. The Morgan fingerprint density at radius 2 is 1.75 bits per heavy atom. The maximum absolute atomic E-state index is 12.7. The second-order valence-corrected chi connectivity index (χ2v) is 7.66. The number of carbonyl (C=O) groups excluding carboxylic acids is 1. The van der Waals surface area contributed by atoms with Crippen LogP contribution < -0.4 is 14.2 Å². The lowest BCUT2D eigenvalue weighted by molar-refractivity contribution is -0.137. The molecule has 0 aliphatic carbocycles. The molecule has 2 rings (SSSR count). The molecule has 1 aromatic rings.